The van der Waals surface area contributed by atoms with E-state index in [1.165, 1.54) is 0 Å². The second kappa shape index (κ2) is 4.97. The lowest BCUT2D eigenvalue weighted by Gasteiger charge is -2.17. The first kappa shape index (κ1) is 13.2. The predicted octanol–water partition coefficient (Wildman–Crippen LogP) is 0.640. The summed E-state index contributed by atoms with van der Waals surface area (Å²) in [5.41, 5.74) is -0.326. The number of aliphatic hydroxyl groups is 1. The summed E-state index contributed by atoms with van der Waals surface area (Å²) in [4.78, 5) is 10.2. The fourth-order valence-electron chi connectivity index (χ4n) is 2.44. The van der Waals surface area contributed by atoms with Crippen LogP contribution in [-0.2, 0) is 9.47 Å². The SMILES string of the molecule is O=[N+]([O-])c1ccc(F)cc1OC1CO[C@H]2C1OC[C@H]2O. The molecule has 0 radical (unpaired) electrons. The summed E-state index contributed by atoms with van der Waals surface area (Å²) < 4.78 is 29.4. The highest BCUT2D eigenvalue weighted by atomic mass is 19.1. The Morgan fingerprint density at radius 3 is 2.85 bits per heavy atom. The van der Waals surface area contributed by atoms with Crippen molar-refractivity contribution >= 4 is 5.69 Å². The third-order valence-electron chi connectivity index (χ3n) is 3.38. The molecular weight excluding hydrogens is 273 g/mol. The molecule has 0 spiro atoms. The Hall–Kier alpha value is -1.77. The third-order valence-corrected chi connectivity index (χ3v) is 3.38. The number of nitro benzene ring substituents is 1. The Morgan fingerprint density at radius 1 is 1.35 bits per heavy atom. The minimum Gasteiger partial charge on any atom is -0.478 e. The van der Waals surface area contributed by atoms with Gasteiger partial charge in [-0.05, 0) is 6.07 Å². The second-order valence-electron chi connectivity index (χ2n) is 4.69. The first-order valence-electron chi connectivity index (χ1n) is 6.08. The number of rotatable bonds is 3. The lowest BCUT2D eigenvalue weighted by molar-refractivity contribution is -0.386. The average Bonchev–Trinajstić information content (AvgIpc) is 2.94. The van der Waals surface area contributed by atoms with Gasteiger partial charge in [0, 0.05) is 12.1 Å². The first-order chi connectivity index (χ1) is 9.56. The Bertz CT molecular complexity index is 539. The highest BCUT2D eigenvalue weighted by molar-refractivity contribution is 5.46. The van der Waals surface area contributed by atoms with Crippen LogP contribution in [0.15, 0.2) is 18.2 Å². The van der Waals surface area contributed by atoms with Gasteiger partial charge in [-0.3, -0.25) is 10.1 Å². The van der Waals surface area contributed by atoms with Gasteiger partial charge in [0.05, 0.1) is 18.1 Å². The van der Waals surface area contributed by atoms with Crippen molar-refractivity contribution in [1.29, 1.82) is 0 Å². The van der Waals surface area contributed by atoms with Crippen LogP contribution in [-0.4, -0.2) is 47.7 Å². The van der Waals surface area contributed by atoms with E-state index in [9.17, 15) is 19.6 Å². The van der Waals surface area contributed by atoms with Crippen LogP contribution in [0.2, 0.25) is 0 Å². The van der Waals surface area contributed by atoms with Crippen molar-refractivity contribution in [3.8, 4) is 5.75 Å². The van der Waals surface area contributed by atoms with Crippen LogP contribution in [0.25, 0.3) is 0 Å². The van der Waals surface area contributed by atoms with Crippen LogP contribution in [0.4, 0.5) is 10.1 Å². The lowest BCUT2D eigenvalue weighted by atomic mass is 10.1. The van der Waals surface area contributed by atoms with Gasteiger partial charge in [-0.15, -0.1) is 0 Å². The molecule has 2 aliphatic rings. The van der Waals surface area contributed by atoms with E-state index in [1.807, 2.05) is 0 Å². The van der Waals surface area contributed by atoms with Crippen molar-refractivity contribution in [3.63, 3.8) is 0 Å². The van der Waals surface area contributed by atoms with Crippen molar-refractivity contribution in [1.82, 2.24) is 0 Å². The Morgan fingerprint density at radius 2 is 2.10 bits per heavy atom. The number of hydrogen-bond acceptors (Lipinski definition) is 6. The monoisotopic (exact) mass is 285 g/mol. The number of aliphatic hydroxyl groups excluding tert-OH is 1. The van der Waals surface area contributed by atoms with E-state index in [0.717, 1.165) is 18.2 Å². The highest BCUT2D eigenvalue weighted by Gasteiger charge is 2.48. The molecule has 2 saturated heterocycles. The summed E-state index contributed by atoms with van der Waals surface area (Å²) in [5, 5.41) is 20.5. The van der Waals surface area contributed by atoms with Crippen LogP contribution in [0, 0.1) is 15.9 Å². The van der Waals surface area contributed by atoms with E-state index in [2.05, 4.69) is 0 Å². The van der Waals surface area contributed by atoms with Gasteiger partial charge in [0.2, 0.25) is 0 Å². The van der Waals surface area contributed by atoms with Crippen LogP contribution < -0.4 is 4.74 Å². The maximum Gasteiger partial charge on any atom is 0.311 e. The van der Waals surface area contributed by atoms with Crippen LogP contribution in [0.1, 0.15) is 0 Å². The van der Waals surface area contributed by atoms with E-state index < -0.39 is 35.2 Å². The third kappa shape index (κ3) is 2.21. The second-order valence-corrected chi connectivity index (χ2v) is 4.69. The molecule has 0 amide bonds. The highest BCUT2D eigenvalue weighted by Crippen LogP contribution is 2.33. The maximum absolute atomic E-state index is 13.2. The fraction of sp³-hybridized carbons (Fsp3) is 0.500. The molecule has 108 valence electrons. The molecule has 2 unspecified atom stereocenters. The molecule has 1 aromatic rings. The van der Waals surface area contributed by atoms with Crippen molar-refractivity contribution in [2.45, 2.75) is 24.4 Å². The zero-order valence-corrected chi connectivity index (χ0v) is 10.3. The summed E-state index contributed by atoms with van der Waals surface area (Å²) in [6.07, 6.45) is -2.37. The molecule has 20 heavy (non-hydrogen) atoms. The van der Waals surface area contributed by atoms with E-state index >= 15 is 0 Å². The van der Waals surface area contributed by atoms with Crippen molar-refractivity contribution in [2.75, 3.05) is 13.2 Å². The van der Waals surface area contributed by atoms with Crippen LogP contribution in [0.5, 0.6) is 5.75 Å². The summed E-state index contributed by atoms with van der Waals surface area (Å²) in [7, 11) is 0. The zero-order valence-electron chi connectivity index (χ0n) is 10.3. The Kier molecular flexibility index (Phi) is 3.28. The van der Waals surface area contributed by atoms with Gasteiger partial charge in [0.1, 0.15) is 24.1 Å². The predicted molar refractivity (Wildman–Crippen MR) is 63.0 cm³/mol. The van der Waals surface area contributed by atoms with Crippen molar-refractivity contribution in [3.05, 3.63) is 34.1 Å². The molecule has 0 aromatic heterocycles. The van der Waals surface area contributed by atoms with Gasteiger partial charge in [0.15, 0.2) is 11.9 Å². The number of fused-ring (bicyclic) bond motifs is 1. The molecule has 7 nitrogen and oxygen atoms in total. The molecule has 3 rings (SSSR count). The lowest BCUT2D eigenvalue weighted by Crippen LogP contribution is -2.34. The van der Waals surface area contributed by atoms with E-state index in [4.69, 9.17) is 14.2 Å². The topological polar surface area (TPSA) is 91.1 Å². The minimum absolute atomic E-state index is 0.125. The normalized spacial score (nSPS) is 32.1. The van der Waals surface area contributed by atoms with Crippen molar-refractivity contribution in [2.24, 2.45) is 0 Å². The Labute approximate surface area is 113 Å². The quantitative estimate of drug-likeness (QED) is 0.647. The number of halogens is 1. The number of hydrogen-bond donors (Lipinski definition) is 1. The molecule has 8 heteroatoms. The molecule has 0 aliphatic carbocycles. The van der Waals surface area contributed by atoms with Gasteiger partial charge in [-0.25, -0.2) is 4.39 Å². The summed E-state index contributed by atoms with van der Waals surface area (Å²) >= 11 is 0. The Balaban J connectivity index is 1.81. The van der Waals surface area contributed by atoms with Gasteiger partial charge in [-0.1, -0.05) is 0 Å². The van der Waals surface area contributed by atoms with Gasteiger partial charge in [0.25, 0.3) is 0 Å². The van der Waals surface area contributed by atoms with Crippen LogP contribution >= 0.6 is 0 Å². The van der Waals surface area contributed by atoms with E-state index in [-0.39, 0.29) is 24.7 Å². The molecule has 2 aliphatic heterocycles. The fourth-order valence-corrected chi connectivity index (χ4v) is 2.44. The average molecular weight is 285 g/mol. The first-order valence-corrected chi connectivity index (χ1v) is 6.08. The van der Waals surface area contributed by atoms with Crippen LogP contribution in [0.3, 0.4) is 0 Å². The van der Waals surface area contributed by atoms with Crippen molar-refractivity contribution < 1.29 is 28.6 Å². The van der Waals surface area contributed by atoms with E-state index in [0.29, 0.717) is 0 Å². The summed E-state index contributed by atoms with van der Waals surface area (Å²) in [5.74, 6) is -0.803. The smallest absolute Gasteiger partial charge is 0.311 e. The zero-order chi connectivity index (χ0) is 14.3. The molecule has 1 N–H and O–H groups in total. The molecule has 0 saturated carbocycles. The number of benzene rings is 1. The number of nitrogens with zero attached hydrogens (tertiary/aromatic N) is 1. The molecule has 2 fully saturated rings. The molecular formula is C12H12FNO6. The number of ether oxygens (including phenoxy) is 3. The molecule has 4 atom stereocenters. The van der Waals surface area contributed by atoms with Gasteiger partial charge >= 0.3 is 5.69 Å². The molecule has 2 heterocycles. The number of nitro groups is 1. The maximum atomic E-state index is 13.2. The minimum atomic E-state index is -0.740. The van der Waals surface area contributed by atoms with Gasteiger partial charge < -0.3 is 19.3 Å². The summed E-state index contributed by atoms with van der Waals surface area (Å²) in [6, 6.07) is 2.99. The summed E-state index contributed by atoms with van der Waals surface area (Å²) in [6.45, 7) is 0.250. The molecule has 1 aromatic carbocycles. The largest absolute Gasteiger partial charge is 0.478 e. The molecule has 0 bridgehead atoms. The van der Waals surface area contributed by atoms with Gasteiger partial charge in [-0.2, -0.15) is 0 Å². The van der Waals surface area contributed by atoms with E-state index in [1.54, 1.807) is 0 Å². The standard InChI is InChI=1S/C12H12FNO6/c13-6-1-2-7(14(16)17)9(3-6)20-10-5-19-11-8(15)4-18-12(10)11/h1-3,8,10-12,15H,4-5H2/t8-,10?,11-,12?/m1/s1.